The Balaban J connectivity index is 2.51. The van der Waals surface area contributed by atoms with Gasteiger partial charge in [-0.25, -0.2) is 0 Å². The maximum Gasteiger partial charge on any atom is 0.165 e. The van der Waals surface area contributed by atoms with Crippen LogP contribution < -0.4 is 14.8 Å². The summed E-state index contributed by atoms with van der Waals surface area (Å²) < 4.78 is 10.7. The first-order valence-corrected chi connectivity index (χ1v) is 7.45. The van der Waals surface area contributed by atoms with Crippen molar-refractivity contribution in [3.63, 3.8) is 0 Å². The summed E-state index contributed by atoms with van der Waals surface area (Å²) in [6.45, 7) is 4.07. The van der Waals surface area contributed by atoms with Crippen molar-refractivity contribution in [3.8, 4) is 11.5 Å². The molecule has 0 radical (unpaired) electrons. The van der Waals surface area contributed by atoms with Crippen LogP contribution in [0.5, 0.6) is 11.5 Å². The van der Waals surface area contributed by atoms with Gasteiger partial charge >= 0.3 is 0 Å². The molecule has 0 aliphatic carbocycles. The topological polar surface area (TPSA) is 30.5 Å². The second-order valence-corrected chi connectivity index (χ2v) is 5.44. The number of nitrogens with one attached hydrogen (secondary N) is 1. The van der Waals surface area contributed by atoms with E-state index in [-0.39, 0.29) is 0 Å². The van der Waals surface area contributed by atoms with Crippen LogP contribution >= 0.6 is 11.8 Å². The van der Waals surface area contributed by atoms with Crippen LogP contribution in [0.25, 0.3) is 0 Å². The standard InChI is InChI=1S/C14H23NO2S/c1-11(18-4)8-9-15-10-12-6-5-7-13(16-2)14(12)17-3/h5-7,11,15H,8-10H2,1-4H3. The van der Waals surface area contributed by atoms with Crippen molar-refractivity contribution in [2.75, 3.05) is 27.0 Å². The van der Waals surface area contributed by atoms with Gasteiger partial charge in [0.15, 0.2) is 11.5 Å². The van der Waals surface area contributed by atoms with Gasteiger partial charge in [-0.05, 0) is 25.3 Å². The van der Waals surface area contributed by atoms with E-state index in [0.29, 0.717) is 5.25 Å². The molecule has 1 N–H and O–H groups in total. The maximum absolute atomic E-state index is 5.40. The Bertz CT molecular complexity index is 358. The normalized spacial score (nSPS) is 12.2. The van der Waals surface area contributed by atoms with Gasteiger partial charge in [0.25, 0.3) is 0 Å². The Labute approximate surface area is 114 Å². The fraction of sp³-hybridized carbons (Fsp3) is 0.571. The molecule has 1 atom stereocenters. The molecule has 0 saturated heterocycles. The molecule has 3 nitrogen and oxygen atoms in total. The Hall–Kier alpha value is -0.870. The van der Waals surface area contributed by atoms with Gasteiger partial charge in [-0.1, -0.05) is 19.1 Å². The minimum atomic E-state index is 0.699. The van der Waals surface area contributed by atoms with Gasteiger partial charge in [0, 0.05) is 17.4 Å². The van der Waals surface area contributed by atoms with Gasteiger partial charge in [-0.15, -0.1) is 0 Å². The van der Waals surface area contributed by atoms with Gasteiger partial charge in [-0.3, -0.25) is 0 Å². The molecule has 4 heteroatoms. The molecule has 1 unspecified atom stereocenters. The Morgan fingerprint density at radius 2 is 2.06 bits per heavy atom. The zero-order valence-electron chi connectivity index (χ0n) is 11.7. The third kappa shape index (κ3) is 4.42. The van der Waals surface area contributed by atoms with E-state index in [9.17, 15) is 0 Å². The number of rotatable bonds is 8. The van der Waals surface area contributed by atoms with E-state index in [0.717, 1.165) is 30.2 Å². The molecule has 0 aliphatic heterocycles. The SMILES string of the molecule is COc1cccc(CNCCC(C)SC)c1OC. The van der Waals surface area contributed by atoms with Crippen LogP contribution in [0.15, 0.2) is 18.2 Å². The second-order valence-electron chi connectivity index (χ2n) is 4.16. The largest absolute Gasteiger partial charge is 0.493 e. The molecule has 1 aromatic rings. The molecule has 1 rings (SSSR count). The van der Waals surface area contributed by atoms with Crippen LogP contribution in [-0.2, 0) is 6.54 Å². The van der Waals surface area contributed by atoms with Crippen LogP contribution in [0.3, 0.4) is 0 Å². The maximum atomic E-state index is 5.40. The van der Waals surface area contributed by atoms with Crippen LogP contribution in [0.2, 0.25) is 0 Å². The summed E-state index contributed by atoms with van der Waals surface area (Å²) >= 11 is 1.90. The van der Waals surface area contributed by atoms with Gasteiger partial charge < -0.3 is 14.8 Å². The van der Waals surface area contributed by atoms with Crippen LogP contribution in [0.1, 0.15) is 18.9 Å². The molecule has 0 fully saturated rings. The zero-order chi connectivity index (χ0) is 13.4. The second kappa shape index (κ2) is 8.27. The molecule has 0 aromatic heterocycles. The van der Waals surface area contributed by atoms with Crippen molar-refractivity contribution in [1.29, 1.82) is 0 Å². The number of methoxy groups -OCH3 is 2. The average Bonchev–Trinajstić information content (AvgIpc) is 2.42. The molecule has 0 aliphatic rings. The van der Waals surface area contributed by atoms with Gasteiger partial charge in [0.2, 0.25) is 0 Å². The van der Waals surface area contributed by atoms with Gasteiger partial charge in [0.05, 0.1) is 14.2 Å². The van der Waals surface area contributed by atoms with E-state index >= 15 is 0 Å². The summed E-state index contributed by atoms with van der Waals surface area (Å²) in [7, 11) is 3.34. The number of hydrogen-bond donors (Lipinski definition) is 1. The molecular formula is C14H23NO2S. The molecule has 0 amide bonds. The Morgan fingerprint density at radius 3 is 2.67 bits per heavy atom. The van der Waals surface area contributed by atoms with E-state index in [2.05, 4.69) is 24.6 Å². The van der Waals surface area contributed by atoms with E-state index in [1.807, 2.05) is 23.9 Å². The first kappa shape index (κ1) is 15.2. The zero-order valence-corrected chi connectivity index (χ0v) is 12.5. The van der Waals surface area contributed by atoms with E-state index in [1.54, 1.807) is 14.2 Å². The molecule has 1 aromatic carbocycles. The number of benzene rings is 1. The third-order valence-electron chi connectivity index (χ3n) is 2.93. The first-order valence-electron chi connectivity index (χ1n) is 6.16. The lowest BCUT2D eigenvalue weighted by molar-refractivity contribution is 0.350. The Kier molecular flexibility index (Phi) is 6.98. The van der Waals surface area contributed by atoms with E-state index in [4.69, 9.17) is 9.47 Å². The highest BCUT2D eigenvalue weighted by atomic mass is 32.2. The number of hydrogen-bond acceptors (Lipinski definition) is 4. The summed E-state index contributed by atoms with van der Waals surface area (Å²) in [6.07, 6.45) is 3.32. The van der Waals surface area contributed by atoms with Crippen molar-refractivity contribution in [3.05, 3.63) is 23.8 Å². The van der Waals surface area contributed by atoms with Crippen molar-refractivity contribution in [1.82, 2.24) is 5.32 Å². The average molecular weight is 269 g/mol. The van der Waals surface area contributed by atoms with E-state index < -0.39 is 0 Å². The van der Waals surface area contributed by atoms with Gasteiger partial charge in [-0.2, -0.15) is 11.8 Å². The lowest BCUT2D eigenvalue weighted by Gasteiger charge is -2.14. The number of ether oxygens (including phenoxy) is 2. The molecule has 0 bridgehead atoms. The first-order chi connectivity index (χ1) is 8.72. The quantitative estimate of drug-likeness (QED) is 0.735. The van der Waals surface area contributed by atoms with E-state index in [1.165, 1.54) is 6.42 Å². The summed E-state index contributed by atoms with van der Waals surface area (Å²) in [5, 5.41) is 4.14. The lowest BCUT2D eigenvalue weighted by atomic mass is 10.2. The van der Waals surface area contributed by atoms with Crippen LogP contribution in [-0.4, -0.2) is 32.3 Å². The predicted octanol–water partition coefficient (Wildman–Crippen LogP) is 2.94. The highest BCUT2D eigenvalue weighted by molar-refractivity contribution is 7.99. The molecule has 18 heavy (non-hydrogen) atoms. The molecule has 0 heterocycles. The van der Waals surface area contributed by atoms with Crippen LogP contribution in [0, 0.1) is 0 Å². The summed E-state index contributed by atoms with van der Waals surface area (Å²) in [6, 6.07) is 5.97. The third-order valence-corrected chi connectivity index (χ3v) is 3.97. The highest BCUT2D eigenvalue weighted by Gasteiger charge is 2.08. The monoisotopic (exact) mass is 269 g/mol. The minimum Gasteiger partial charge on any atom is -0.493 e. The lowest BCUT2D eigenvalue weighted by Crippen LogP contribution is -2.18. The van der Waals surface area contributed by atoms with Crippen molar-refractivity contribution >= 4 is 11.8 Å². The Morgan fingerprint density at radius 1 is 1.28 bits per heavy atom. The minimum absolute atomic E-state index is 0.699. The predicted molar refractivity (Wildman–Crippen MR) is 78.8 cm³/mol. The molecular weight excluding hydrogens is 246 g/mol. The fourth-order valence-electron chi connectivity index (χ4n) is 1.74. The van der Waals surface area contributed by atoms with Crippen molar-refractivity contribution in [2.24, 2.45) is 0 Å². The highest BCUT2D eigenvalue weighted by Crippen LogP contribution is 2.30. The fourth-order valence-corrected chi connectivity index (χ4v) is 2.09. The summed E-state index contributed by atoms with van der Waals surface area (Å²) in [5.74, 6) is 1.61. The van der Waals surface area contributed by atoms with Crippen molar-refractivity contribution < 1.29 is 9.47 Å². The summed E-state index contributed by atoms with van der Waals surface area (Å²) in [4.78, 5) is 0. The van der Waals surface area contributed by atoms with Crippen LogP contribution in [0.4, 0.5) is 0 Å². The number of thioether (sulfide) groups is 1. The molecule has 0 saturated carbocycles. The number of para-hydroxylation sites is 1. The van der Waals surface area contributed by atoms with Gasteiger partial charge in [0.1, 0.15) is 0 Å². The smallest absolute Gasteiger partial charge is 0.165 e. The summed E-state index contributed by atoms with van der Waals surface area (Å²) in [5.41, 5.74) is 1.13. The molecule has 102 valence electrons. The molecule has 0 spiro atoms. The van der Waals surface area contributed by atoms with Crippen molar-refractivity contribution in [2.45, 2.75) is 25.1 Å².